The molecule has 0 spiro atoms. The van der Waals surface area contributed by atoms with Crippen molar-refractivity contribution in [3.8, 4) is 0 Å². The minimum Gasteiger partial charge on any atom is -0.350 e. The fraction of sp³-hybridized carbons (Fsp3) is 0.200. The van der Waals surface area contributed by atoms with Crippen molar-refractivity contribution in [2.75, 3.05) is 0 Å². The topological polar surface area (TPSA) is 79.4 Å². The standard InChI is InChI=1S/C10H11N3O2S/c1-6(13(15)10(11)14)8-4-7-2-3-12-5-9(7)16-8/h2-6,15H,1H3,(H2,11,14). The molecule has 16 heavy (non-hydrogen) atoms. The third kappa shape index (κ3) is 1.84. The van der Waals surface area contributed by atoms with E-state index in [1.807, 2.05) is 12.1 Å². The van der Waals surface area contributed by atoms with Crippen LogP contribution in [0.4, 0.5) is 4.79 Å². The summed E-state index contributed by atoms with van der Waals surface area (Å²) in [5.41, 5.74) is 5.00. The number of urea groups is 1. The van der Waals surface area contributed by atoms with Gasteiger partial charge in [0.25, 0.3) is 0 Å². The Kier molecular flexibility index (Phi) is 2.76. The lowest BCUT2D eigenvalue weighted by molar-refractivity contribution is -0.0700. The van der Waals surface area contributed by atoms with Gasteiger partial charge in [-0.2, -0.15) is 5.06 Å². The number of rotatable bonds is 2. The van der Waals surface area contributed by atoms with E-state index < -0.39 is 12.1 Å². The zero-order chi connectivity index (χ0) is 11.7. The zero-order valence-corrected chi connectivity index (χ0v) is 9.44. The number of primary amides is 1. The number of hydrogen-bond donors (Lipinski definition) is 2. The fourth-order valence-electron chi connectivity index (χ4n) is 1.42. The van der Waals surface area contributed by atoms with E-state index in [-0.39, 0.29) is 0 Å². The monoisotopic (exact) mass is 237 g/mol. The lowest BCUT2D eigenvalue weighted by atomic mass is 10.2. The van der Waals surface area contributed by atoms with Crippen molar-refractivity contribution in [1.82, 2.24) is 10.0 Å². The van der Waals surface area contributed by atoms with Crippen molar-refractivity contribution in [1.29, 1.82) is 0 Å². The van der Waals surface area contributed by atoms with Crippen molar-refractivity contribution in [2.45, 2.75) is 13.0 Å². The molecule has 0 fully saturated rings. The van der Waals surface area contributed by atoms with Gasteiger partial charge in [0.2, 0.25) is 0 Å². The first-order valence-electron chi connectivity index (χ1n) is 4.70. The van der Waals surface area contributed by atoms with Gasteiger partial charge in [0, 0.05) is 17.3 Å². The molecule has 1 atom stereocenters. The summed E-state index contributed by atoms with van der Waals surface area (Å²) in [4.78, 5) is 15.7. The van der Waals surface area contributed by atoms with Gasteiger partial charge in [0.15, 0.2) is 0 Å². The number of amides is 2. The maximum atomic E-state index is 10.8. The van der Waals surface area contributed by atoms with E-state index in [0.717, 1.165) is 15.0 Å². The summed E-state index contributed by atoms with van der Waals surface area (Å²) in [7, 11) is 0. The molecular weight excluding hydrogens is 226 g/mol. The van der Waals surface area contributed by atoms with Crippen LogP contribution in [0.5, 0.6) is 0 Å². The quantitative estimate of drug-likeness (QED) is 0.620. The highest BCUT2D eigenvalue weighted by molar-refractivity contribution is 7.19. The Labute approximate surface area is 96.1 Å². The van der Waals surface area contributed by atoms with Crippen LogP contribution in [0.25, 0.3) is 10.1 Å². The normalized spacial score (nSPS) is 12.6. The molecule has 0 aromatic carbocycles. The highest BCUT2D eigenvalue weighted by Gasteiger charge is 2.19. The largest absolute Gasteiger partial charge is 0.350 e. The number of nitrogens with zero attached hydrogens (tertiary/aromatic N) is 2. The summed E-state index contributed by atoms with van der Waals surface area (Å²) in [5.74, 6) is 0. The SMILES string of the molecule is CC(c1cc2ccncc2s1)N(O)C(N)=O. The average molecular weight is 237 g/mol. The molecule has 0 radical (unpaired) electrons. The molecular formula is C10H11N3O2S. The molecule has 0 saturated heterocycles. The van der Waals surface area contributed by atoms with Crippen LogP contribution >= 0.6 is 11.3 Å². The number of hydroxylamine groups is 2. The number of nitrogens with two attached hydrogens (primary N) is 1. The number of fused-ring (bicyclic) bond motifs is 1. The van der Waals surface area contributed by atoms with Gasteiger partial charge in [-0.1, -0.05) is 0 Å². The first-order valence-corrected chi connectivity index (χ1v) is 5.52. The predicted octanol–water partition coefficient (Wildman–Crippen LogP) is 2.13. The number of thiophene rings is 1. The molecule has 3 N–H and O–H groups in total. The Morgan fingerprint density at radius 1 is 1.69 bits per heavy atom. The maximum absolute atomic E-state index is 10.8. The Morgan fingerprint density at radius 2 is 2.44 bits per heavy atom. The second kappa shape index (κ2) is 4.07. The van der Waals surface area contributed by atoms with E-state index in [9.17, 15) is 10.0 Å². The van der Waals surface area contributed by atoms with Crippen LogP contribution < -0.4 is 5.73 Å². The minimum absolute atomic E-state index is 0.449. The van der Waals surface area contributed by atoms with Gasteiger partial charge in [-0.05, 0) is 24.4 Å². The van der Waals surface area contributed by atoms with E-state index >= 15 is 0 Å². The van der Waals surface area contributed by atoms with Gasteiger partial charge in [-0.3, -0.25) is 10.2 Å². The third-order valence-corrected chi connectivity index (χ3v) is 3.60. The van der Waals surface area contributed by atoms with E-state index in [4.69, 9.17) is 5.73 Å². The van der Waals surface area contributed by atoms with Crippen molar-refractivity contribution >= 4 is 27.5 Å². The summed E-state index contributed by atoms with van der Waals surface area (Å²) in [6, 6.07) is 2.49. The highest BCUT2D eigenvalue weighted by atomic mass is 32.1. The van der Waals surface area contributed by atoms with E-state index in [1.54, 1.807) is 19.3 Å². The van der Waals surface area contributed by atoms with Crippen LogP contribution in [0.15, 0.2) is 24.5 Å². The molecule has 0 aliphatic rings. The zero-order valence-electron chi connectivity index (χ0n) is 8.62. The summed E-state index contributed by atoms with van der Waals surface area (Å²) >= 11 is 1.48. The third-order valence-electron chi connectivity index (χ3n) is 2.35. The van der Waals surface area contributed by atoms with Crippen LogP contribution in [0.3, 0.4) is 0 Å². The molecule has 1 unspecified atom stereocenters. The lowest BCUT2D eigenvalue weighted by Crippen LogP contribution is -2.34. The van der Waals surface area contributed by atoms with Crippen molar-refractivity contribution in [3.63, 3.8) is 0 Å². The van der Waals surface area contributed by atoms with Gasteiger partial charge in [0.1, 0.15) is 0 Å². The van der Waals surface area contributed by atoms with Gasteiger partial charge in [-0.15, -0.1) is 11.3 Å². The summed E-state index contributed by atoms with van der Waals surface area (Å²) in [6.07, 6.45) is 3.45. The van der Waals surface area contributed by atoms with E-state index in [0.29, 0.717) is 5.06 Å². The Hall–Kier alpha value is -1.66. The minimum atomic E-state index is -0.858. The van der Waals surface area contributed by atoms with Crippen LogP contribution in [-0.2, 0) is 0 Å². The first kappa shape index (κ1) is 10.8. The van der Waals surface area contributed by atoms with Gasteiger partial charge < -0.3 is 5.73 Å². The average Bonchev–Trinajstić information content (AvgIpc) is 2.70. The highest BCUT2D eigenvalue weighted by Crippen LogP contribution is 2.31. The first-order chi connectivity index (χ1) is 7.59. The predicted molar refractivity (Wildman–Crippen MR) is 61.2 cm³/mol. The molecule has 0 aliphatic heterocycles. The number of carbonyl (C=O) groups is 1. The number of carbonyl (C=O) groups excluding carboxylic acids is 1. The fourth-order valence-corrected chi connectivity index (χ4v) is 2.49. The number of aromatic nitrogens is 1. The molecule has 2 aromatic heterocycles. The second-order valence-electron chi connectivity index (χ2n) is 3.42. The summed E-state index contributed by atoms with van der Waals surface area (Å²) < 4.78 is 1.02. The van der Waals surface area contributed by atoms with Crippen molar-refractivity contribution in [3.05, 3.63) is 29.4 Å². The van der Waals surface area contributed by atoms with E-state index in [2.05, 4.69) is 4.98 Å². The molecule has 0 aliphatic carbocycles. The Balaban J connectivity index is 2.36. The summed E-state index contributed by atoms with van der Waals surface area (Å²) in [6.45, 7) is 1.71. The molecule has 2 rings (SSSR count). The molecule has 2 heterocycles. The van der Waals surface area contributed by atoms with Crippen molar-refractivity contribution < 1.29 is 10.0 Å². The van der Waals surface area contributed by atoms with Gasteiger partial charge in [-0.25, -0.2) is 4.79 Å². The molecule has 2 amide bonds. The smallest absolute Gasteiger partial charge is 0.339 e. The van der Waals surface area contributed by atoms with Crippen LogP contribution in [-0.4, -0.2) is 21.3 Å². The Bertz CT molecular complexity index is 493. The van der Waals surface area contributed by atoms with Crippen LogP contribution in [0, 0.1) is 0 Å². The van der Waals surface area contributed by atoms with Gasteiger partial charge in [0.05, 0.1) is 10.7 Å². The molecule has 2 aromatic rings. The Morgan fingerprint density at radius 3 is 3.06 bits per heavy atom. The summed E-state index contributed by atoms with van der Waals surface area (Å²) in [5, 5.41) is 11.0. The molecule has 0 bridgehead atoms. The number of pyridine rings is 1. The maximum Gasteiger partial charge on any atom is 0.339 e. The lowest BCUT2D eigenvalue weighted by Gasteiger charge is -2.18. The van der Waals surface area contributed by atoms with Crippen LogP contribution in [0.2, 0.25) is 0 Å². The molecule has 0 saturated carbocycles. The number of hydrogen-bond acceptors (Lipinski definition) is 4. The molecule has 5 nitrogen and oxygen atoms in total. The van der Waals surface area contributed by atoms with E-state index in [1.165, 1.54) is 11.3 Å². The molecule has 6 heteroatoms. The van der Waals surface area contributed by atoms with Crippen molar-refractivity contribution in [2.24, 2.45) is 5.73 Å². The van der Waals surface area contributed by atoms with Crippen LogP contribution in [0.1, 0.15) is 17.8 Å². The molecule has 84 valence electrons. The second-order valence-corrected chi connectivity index (χ2v) is 4.54. The van der Waals surface area contributed by atoms with Gasteiger partial charge >= 0.3 is 6.03 Å².